The number of carbonyl (C=O) groups excluding carboxylic acids is 2. The molecule has 3 aromatic carbocycles. The van der Waals surface area contributed by atoms with E-state index in [2.05, 4.69) is 29.8 Å². The summed E-state index contributed by atoms with van der Waals surface area (Å²) in [5.41, 5.74) is 2.34. The molecule has 2 amide bonds. The van der Waals surface area contributed by atoms with Crippen LogP contribution in [0.3, 0.4) is 0 Å². The van der Waals surface area contributed by atoms with Gasteiger partial charge in [0, 0.05) is 40.7 Å². The average Bonchev–Trinajstić information content (AvgIpc) is 3.80. The number of rotatable bonds is 7. The fraction of sp³-hybridized carbons (Fsp3) is 0.125. The van der Waals surface area contributed by atoms with Gasteiger partial charge in [0.15, 0.2) is 11.6 Å². The number of hydrogen-bond donors (Lipinski definition) is 2. The first-order chi connectivity index (χ1) is 20.2. The van der Waals surface area contributed by atoms with Crippen LogP contribution in [0.25, 0.3) is 22.2 Å². The first-order valence-corrected chi connectivity index (χ1v) is 13.8. The molecular formula is C32H25F2N4O3P. The maximum Gasteiger partial charge on any atom is 0.240 e. The Morgan fingerprint density at radius 3 is 2.24 bits per heavy atom. The van der Waals surface area contributed by atoms with Crippen LogP contribution in [0, 0.1) is 24.0 Å². The minimum Gasteiger partial charge on any atom is -0.453 e. The lowest BCUT2D eigenvalue weighted by atomic mass is 10.0. The molecule has 6 rings (SSSR count). The highest BCUT2D eigenvalue weighted by atomic mass is 31.0. The Hall–Kier alpha value is -4.75. The van der Waals surface area contributed by atoms with E-state index in [1.165, 1.54) is 24.4 Å². The average molecular weight is 583 g/mol. The molecule has 7 nitrogen and oxygen atoms in total. The molecule has 0 spiro atoms. The van der Waals surface area contributed by atoms with Crippen LogP contribution in [0.2, 0.25) is 0 Å². The molecule has 0 radical (unpaired) electrons. The van der Waals surface area contributed by atoms with Gasteiger partial charge >= 0.3 is 0 Å². The Bertz CT molecular complexity index is 1860. The summed E-state index contributed by atoms with van der Waals surface area (Å²) in [6.45, 7) is 1.94. The van der Waals surface area contributed by atoms with Crippen molar-refractivity contribution < 1.29 is 23.1 Å². The van der Waals surface area contributed by atoms with Gasteiger partial charge in [-0.05, 0) is 62.2 Å². The van der Waals surface area contributed by atoms with Gasteiger partial charge in [-0.2, -0.15) is 0 Å². The van der Waals surface area contributed by atoms with Gasteiger partial charge in [0.1, 0.15) is 17.0 Å². The third-order valence-electron chi connectivity index (χ3n) is 7.22. The molecule has 1 unspecified atom stereocenters. The third kappa shape index (κ3) is 5.43. The summed E-state index contributed by atoms with van der Waals surface area (Å²) in [5, 5.41) is 6.46. The molecule has 1 aliphatic rings. The molecule has 10 heteroatoms. The van der Waals surface area contributed by atoms with E-state index in [0.717, 1.165) is 11.6 Å². The first kappa shape index (κ1) is 27.4. The molecule has 210 valence electrons. The summed E-state index contributed by atoms with van der Waals surface area (Å²) < 4.78 is 35.0. The van der Waals surface area contributed by atoms with E-state index in [0.29, 0.717) is 51.7 Å². The lowest BCUT2D eigenvalue weighted by Crippen LogP contribution is -2.35. The predicted molar refractivity (Wildman–Crippen MR) is 161 cm³/mol. The number of benzene rings is 3. The number of pyridine rings is 2. The molecule has 42 heavy (non-hydrogen) atoms. The van der Waals surface area contributed by atoms with Gasteiger partial charge in [0.25, 0.3) is 0 Å². The molecule has 2 N–H and O–H groups in total. The fourth-order valence-corrected chi connectivity index (χ4v) is 4.73. The molecule has 2 aromatic heterocycles. The fourth-order valence-electron chi connectivity index (χ4n) is 4.55. The first-order valence-electron chi connectivity index (χ1n) is 13.2. The molecule has 2 heterocycles. The van der Waals surface area contributed by atoms with Crippen LogP contribution in [-0.4, -0.2) is 21.8 Å². The number of nitrogens with zero attached hydrogens (tertiary/aromatic N) is 2. The molecule has 1 saturated carbocycles. The zero-order valence-corrected chi connectivity index (χ0v) is 23.6. The predicted octanol–water partition coefficient (Wildman–Crippen LogP) is 6.53. The van der Waals surface area contributed by atoms with E-state index >= 15 is 4.39 Å². The minimum atomic E-state index is -1.19. The summed E-state index contributed by atoms with van der Waals surface area (Å²) in [5.74, 6) is -1.69. The van der Waals surface area contributed by atoms with E-state index < -0.39 is 23.0 Å². The zero-order chi connectivity index (χ0) is 29.4. The lowest BCUT2D eigenvalue weighted by molar-refractivity contribution is -0.131. The van der Waals surface area contributed by atoms with Crippen LogP contribution < -0.4 is 20.7 Å². The highest BCUT2D eigenvalue weighted by Gasteiger charge is 2.56. The largest absolute Gasteiger partial charge is 0.453 e. The number of halogens is 2. The second-order valence-electron chi connectivity index (χ2n) is 10.2. The smallest absolute Gasteiger partial charge is 0.240 e. The van der Waals surface area contributed by atoms with E-state index in [1.54, 1.807) is 42.6 Å². The summed E-state index contributed by atoms with van der Waals surface area (Å²) in [6, 6.07) is 19.5. The standard InChI is InChI=1S/C32H25F2N4O3P/c1-18-2-5-20(6-3-18)37-30(39)32(11-12-32)31(40)38-21-7-8-28(23(33)15-21)41-27-10-13-35-26-16-25(36-17-22(26)27)19-4-9-29(42)24(34)14-19/h2-10,13-17H,11-12,42H2,1H3,(H,37,39)(H,38,40). The van der Waals surface area contributed by atoms with Gasteiger partial charge < -0.3 is 15.4 Å². The number of carbonyl (C=O) groups is 2. The maximum atomic E-state index is 15.1. The molecule has 1 aliphatic carbocycles. The Morgan fingerprint density at radius 2 is 1.55 bits per heavy atom. The number of ether oxygens (including phenoxy) is 1. The second-order valence-corrected chi connectivity index (χ2v) is 10.9. The van der Waals surface area contributed by atoms with Gasteiger partial charge in [-0.15, -0.1) is 9.24 Å². The summed E-state index contributed by atoms with van der Waals surface area (Å²) in [4.78, 5) is 34.7. The normalized spacial score (nSPS) is 13.4. The van der Waals surface area contributed by atoms with Crippen LogP contribution in [0.4, 0.5) is 20.2 Å². The molecule has 0 aliphatic heterocycles. The molecule has 1 fully saturated rings. The highest BCUT2D eigenvalue weighted by molar-refractivity contribution is 7.27. The van der Waals surface area contributed by atoms with Crippen molar-refractivity contribution in [2.45, 2.75) is 19.8 Å². The summed E-state index contributed by atoms with van der Waals surface area (Å²) in [7, 11) is 2.33. The molecule has 1 atom stereocenters. The van der Waals surface area contributed by atoms with Gasteiger partial charge in [0.05, 0.1) is 16.6 Å². The monoisotopic (exact) mass is 582 g/mol. The van der Waals surface area contributed by atoms with E-state index in [4.69, 9.17) is 4.74 Å². The van der Waals surface area contributed by atoms with Crippen LogP contribution in [-0.2, 0) is 9.59 Å². The van der Waals surface area contributed by atoms with E-state index in [-0.39, 0.29) is 17.3 Å². The molecule has 5 aromatic rings. The topological polar surface area (TPSA) is 93.2 Å². The summed E-state index contributed by atoms with van der Waals surface area (Å²) in [6.07, 6.45) is 3.88. The van der Waals surface area contributed by atoms with Gasteiger partial charge in [-0.3, -0.25) is 19.6 Å². The number of aromatic nitrogens is 2. The maximum absolute atomic E-state index is 15.1. The van der Waals surface area contributed by atoms with Crippen molar-refractivity contribution in [2.24, 2.45) is 5.41 Å². The van der Waals surface area contributed by atoms with Crippen molar-refractivity contribution in [3.05, 3.63) is 102 Å². The number of anilines is 2. The molecule has 0 bridgehead atoms. The quantitative estimate of drug-likeness (QED) is 0.168. The van der Waals surface area contributed by atoms with Crippen molar-refractivity contribution >= 4 is 48.6 Å². The summed E-state index contributed by atoms with van der Waals surface area (Å²) >= 11 is 0. The Labute approximate surface area is 242 Å². The zero-order valence-electron chi connectivity index (χ0n) is 22.4. The van der Waals surface area contributed by atoms with Crippen molar-refractivity contribution in [3.8, 4) is 22.8 Å². The Balaban J connectivity index is 1.16. The number of amides is 2. The van der Waals surface area contributed by atoms with Crippen LogP contribution in [0.1, 0.15) is 18.4 Å². The van der Waals surface area contributed by atoms with Gasteiger partial charge in [0.2, 0.25) is 11.8 Å². The van der Waals surface area contributed by atoms with Gasteiger partial charge in [-0.1, -0.05) is 29.8 Å². The lowest BCUT2D eigenvalue weighted by Gasteiger charge is -2.16. The number of hydrogen-bond acceptors (Lipinski definition) is 5. The van der Waals surface area contributed by atoms with E-state index in [1.807, 2.05) is 19.1 Å². The van der Waals surface area contributed by atoms with Crippen molar-refractivity contribution in [1.29, 1.82) is 0 Å². The highest BCUT2D eigenvalue weighted by Crippen LogP contribution is 2.47. The number of aryl methyl sites for hydroxylation is 1. The Kier molecular flexibility index (Phi) is 7.12. The molecular weight excluding hydrogens is 557 g/mol. The third-order valence-corrected chi connectivity index (χ3v) is 7.69. The SMILES string of the molecule is Cc1ccc(NC(=O)C2(C(=O)Nc3ccc(Oc4ccnc5cc(-c6ccc(P)c(F)c6)ncc45)c(F)c3)CC2)cc1. The minimum absolute atomic E-state index is 0.0686. The van der Waals surface area contributed by atoms with Crippen LogP contribution >= 0.6 is 9.24 Å². The van der Waals surface area contributed by atoms with Crippen LogP contribution in [0.5, 0.6) is 11.5 Å². The number of nitrogens with one attached hydrogen (secondary N) is 2. The Morgan fingerprint density at radius 1 is 0.833 bits per heavy atom. The molecule has 0 saturated heterocycles. The number of fused-ring (bicyclic) bond motifs is 1. The van der Waals surface area contributed by atoms with Crippen molar-refractivity contribution in [1.82, 2.24) is 9.97 Å². The van der Waals surface area contributed by atoms with Crippen molar-refractivity contribution in [2.75, 3.05) is 10.6 Å². The van der Waals surface area contributed by atoms with Crippen LogP contribution in [0.15, 0.2) is 85.2 Å². The van der Waals surface area contributed by atoms with Gasteiger partial charge in [-0.25, -0.2) is 8.78 Å². The van der Waals surface area contributed by atoms with E-state index in [9.17, 15) is 14.0 Å². The van der Waals surface area contributed by atoms with Crippen molar-refractivity contribution in [3.63, 3.8) is 0 Å². The second kappa shape index (κ2) is 10.9.